The van der Waals surface area contributed by atoms with Crippen LogP contribution in [-0.2, 0) is 4.79 Å². The van der Waals surface area contributed by atoms with Gasteiger partial charge in [0.2, 0.25) is 0 Å². The molecule has 1 aromatic carbocycles. The molecule has 0 aromatic heterocycles. The number of ether oxygens (including phenoxy) is 1. The number of hydrogen-bond acceptors (Lipinski definition) is 3. The van der Waals surface area contributed by atoms with Crippen LogP contribution in [0, 0.1) is 0 Å². The van der Waals surface area contributed by atoms with Crippen molar-refractivity contribution in [3.8, 4) is 5.75 Å². The average Bonchev–Trinajstić information content (AvgIpc) is 2.19. The SMILES string of the molecule is CNC(C(C)=O)c1cccc(OC)c1. The van der Waals surface area contributed by atoms with Crippen LogP contribution in [0.15, 0.2) is 24.3 Å². The second-order valence-electron chi connectivity index (χ2n) is 3.11. The smallest absolute Gasteiger partial charge is 0.151 e. The van der Waals surface area contributed by atoms with E-state index >= 15 is 0 Å². The van der Waals surface area contributed by atoms with E-state index in [9.17, 15) is 4.79 Å². The molecular formula is C11H15NO2. The third-order valence-electron chi connectivity index (χ3n) is 2.12. The molecule has 0 saturated heterocycles. The van der Waals surface area contributed by atoms with E-state index in [1.807, 2.05) is 24.3 Å². The number of benzene rings is 1. The number of methoxy groups -OCH3 is 1. The number of rotatable bonds is 4. The van der Waals surface area contributed by atoms with E-state index < -0.39 is 0 Å². The van der Waals surface area contributed by atoms with Gasteiger partial charge in [-0.1, -0.05) is 12.1 Å². The van der Waals surface area contributed by atoms with Crippen molar-refractivity contribution in [3.05, 3.63) is 29.8 Å². The first-order valence-corrected chi connectivity index (χ1v) is 4.50. The Balaban J connectivity index is 2.98. The number of ketones is 1. The van der Waals surface area contributed by atoms with Gasteiger partial charge in [-0.15, -0.1) is 0 Å². The van der Waals surface area contributed by atoms with Gasteiger partial charge >= 0.3 is 0 Å². The van der Waals surface area contributed by atoms with Gasteiger partial charge in [-0.05, 0) is 31.7 Å². The summed E-state index contributed by atoms with van der Waals surface area (Å²) in [7, 11) is 3.38. The first kappa shape index (κ1) is 10.7. The monoisotopic (exact) mass is 193 g/mol. The highest BCUT2D eigenvalue weighted by Gasteiger charge is 2.14. The normalized spacial score (nSPS) is 12.2. The first-order valence-electron chi connectivity index (χ1n) is 4.50. The van der Waals surface area contributed by atoms with Crippen LogP contribution < -0.4 is 10.1 Å². The molecule has 0 heterocycles. The first-order chi connectivity index (χ1) is 6.69. The van der Waals surface area contributed by atoms with Crippen LogP contribution >= 0.6 is 0 Å². The van der Waals surface area contributed by atoms with Gasteiger partial charge in [0.05, 0.1) is 13.2 Å². The van der Waals surface area contributed by atoms with Crippen LogP contribution in [0.5, 0.6) is 5.75 Å². The zero-order valence-corrected chi connectivity index (χ0v) is 8.70. The molecule has 0 aliphatic heterocycles. The highest BCUT2D eigenvalue weighted by atomic mass is 16.5. The van der Waals surface area contributed by atoms with E-state index in [1.54, 1.807) is 21.1 Å². The third kappa shape index (κ3) is 2.33. The summed E-state index contributed by atoms with van der Waals surface area (Å²) >= 11 is 0. The summed E-state index contributed by atoms with van der Waals surface area (Å²) in [5, 5.41) is 2.96. The minimum Gasteiger partial charge on any atom is -0.497 e. The molecule has 3 heteroatoms. The maximum atomic E-state index is 11.3. The number of Topliss-reactive ketones (excluding diaryl/α,β-unsaturated/α-hetero) is 1. The molecule has 0 bridgehead atoms. The Bertz CT molecular complexity index is 323. The van der Waals surface area contributed by atoms with Gasteiger partial charge in [0, 0.05) is 0 Å². The lowest BCUT2D eigenvalue weighted by molar-refractivity contribution is -0.119. The van der Waals surface area contributed by atoms with E-state index in [0.29, 0.717) is 0 Å². The van der Waals surface area contributed by atoms with E-state index in [-0.39, 0.29) is 11.8 Å². The van der Waals surface area contributed by atoms with Crippen molar-refractivity contribution >= 4 is 5.78 Å². The fourth-order valence-corrected chi connectivity index (χ4v) is 1.43. The molecule has 0 saturated carbocycles. The predicted molar refractivity (Wildman–Crippen MR) is 55.5 cm³/mol. The largest absolute Gasteiger partial charge is 0.497 e. The molecule has 0 spiro atoms. The Labute approximate surface area is 84.1 Å². The Morgan fingerprint density at radius 2 is 2.21 bits per heavy atom. The van der Waals surface area contributed by atoms with Crippen LogP contribution in [0.1, 0.15) is 18.5 Å². The molecule has 3 nitrogen and oxygen atoms in total. The van der Waals surface area contributed by atoms with Gasteiger partial charge < -0.3 is 10.1 Å². The molecule has 76 valence electrons. The molecule has 1 N–H and O–H groups in total. The van der Waals surface area contributed by atoms with E-state index in [4.69, 9.17) is 4.74 Å². The zero-order valence-electron chi connectivity index (χ0n) is 8.70. The molecule has 0 amide bonds. The van der Waals surface area contributed by atoms with E-state index in [2.05, 4.69) is 5.32 Å². The van der Waals surface area contributed by atoms with Crippen LogP contribution in [0.3, 0.4) is 0 Å². The molecular weight excluding hydrogens is 178 g/mol. The van der Waals surface area contributed by atoms with Crippen LogP contribution in [-0.4, -0.2) is 19.9 Å². The average molecular weight is 193 g/mol. The lowest BCUT2D eigenvalue weighted by atomic mass is 10.0. The molecule has 0 aliphatic carbocycles. The molecule has 14 heavy (non-hydrogen) atoms. The number of likely N-dealkylation sites (N-methyl/N-ethyl adjacent to an activating group) is 1. The Morgan fingerprint density at radius 3 is 2.71 bits per heavy atom. The van der Waals surface area contributed by atoms with Crippen molar-refractivity contribution in [1.82, 2.24) is 5.32 Å². The molecule has 0 aliphatic rings. The minimum absolute atomic E-state index is 0.0979. The summed E-state index contributed by atoms with van der Waals surface area (Å²) in [5.74, 6) is 0.866. The van der Waals surface area contributed by atoms with Crippen molar-refractivity contribution in [1.29, 1.82) is 0 Å². The van der Waals surface area contributed by atoms with Gasteiger partial charge in [-0.25, -0.2) is 0 Å². The Kier molecular flexibility index (Phi) is 3.65. The van der Waals surface area contributed by atoms with E-state index in [0.717, 1.165) is 11.3 Å². The Hall–Kier alpha value is -1.35. The molecule has 0 fully saturated rings. The summed E-state index contributed by atoms with van der Waals surface area (Å²) in [5.41, 5.74) is 0.930. The zero-order chi connectivity index (χ0) is 10.6. The fourth-order valence-electron chi connectivity index (χ4n) is 1.43. The summed E-state index contributed by atoms with van der Waals surface area (Å²) in [4.78, 5) is 11.3. The lowest BCUT2D eigenvalue weighted by Gasteiger charge is -2.13. The summed E-state index contributed by atoms with van der Waals surface area (Å²) in [6, 6.07) is 7.26. The van der Waals surface area contributed by atoms with Crippen molar-refractivity contribution in [2.24, 2.45) is 0 Å². The number of nitrogens with one attached hydrogen (secondary N) is 1. The van der Waals surface area contributed by atoms with Gasteiger partial charge in [0.1, 0.15) is 5.75 Å². The van der Waals surface area contributed by atoms with Crippen molar-refractivity contribution in [2.45, 2.75) is 13.0 Å². The maximum absolute atomic E-state index is 11.3. The lowest BCUT2D eigenvalue weighted by Crippen LogP contribution is -2.23. The van der Waals surface area contributed by atoms with Crippen LogP contribution in [0.25, 0.3) is 0 Å². The molecule has 1 unspecified atom stereocenters. The highest BCUT2D eigenvalue weighted by molar-refractivity contribution is 5.82. The van der Waals surface area contributed by atoms with Gasteiger partial charge in [-0.2, -0.15) is 0 Å². The minimum atomic E-state index is -0.245. The standard InChI is InChI=1S/C11H15NO2/c1-8(13)11(12-2)9-5-4-6-10(7-9)14-3/h4-7,11-12H,1-3H3. The quantitative estimate of drug-likeness (QED) is 0.788. The summed E-state index contributed by atoms with van der Waals surface area (Å²) in [6.07, 6.45) is 0. The van der Waals surface area contributed by atoms with Crippen molar-refractivity contribution in [2.75, 3.05) is 14.2 Å². The van der Waals surface area contributed by atoms with Gasteiger partial charge in [0.15, 0.2) is 5.78 Å². The summed E-state index contributed by atoms with van der Waals surface area (Å²) in [6.45, 7) is 1.57. The van der Waals surface area contributed by atoms with Gasteiger partial charge in [-0.3, -0.25) is 4.79 Å². The second-order valence-corrected chi connectivity index (χ2v) is 3.11. The van der Waals surface area contributed by atoms with Gasteiger partial charge in [0.25, 0.3) is 0 Å². The van der Waals surface area contributed by atoms with Crippen molar-refractivity contribution < 1.29 is 9.53 Å². The predicted octanol–water partition coefficient (Wildman–Crippen LogP) is 1.54. The molecule has 0 radical (unpaired) electrons. The number of carbonyl (C=O) groups is 1. The molecule has 1 rings (SSSR count). The molecule has 1 aromatic rings. The van der Waals surface area contributed by atoms with Crippen molar-refractivity contribution in [3.63, 3.8) is 0 Å². The van der Waals surface area contributed by atoms with Crippen LogP contribution in [0.2, 0.25) is 0 Å². The number of carbonyl (C=O) groups excluding carboxylic acids is 1. The highest BCUT2D eigenvalue weighted by Crippen LogP contribution is 2.19. The molecule has 1 atom stereocenters. The maximum Gasteiger partial charge on any atom is 0.151 e. The third-order valence-corrected chi connectivity index (χ3v) is 2.12. The Morgan fingerprint density at radius 1 is 1.50 bits per heavy atom. The van der Waals surface area contributed by atoms with Crippen LogP contribution in [0.4, 0.5) is 0 Å². The summed E-state index contributed by atoms with van der Waals surface area (Å²) < 4.78 is 5.09. The topological polar surface area (TPSA) is 38.3 Å². The fraction of sp³-hybridized carbons (Fsp3) is 0.364. The number of hydrogen-bond donors (Lipinski definition) is 1. The van der Waals surface area contributed by atoms with E-state index in [1.165, 1.54) is 0 Å². The second kappa shape index (κ2) is 4.77.